The lowest BCUT2D eigenvalue weighted by Crippen LogP contribution is -2.48. The predicted molar refractivity (Wildman–Crippen MR) is 97.5 cm³/mol. The Hall–Kier alpha value is -1.78. The number of aromatic nitrogens is 4. The van der Waals surface area contributed by atoms with Gasteiger partial charge in [0.05, 0.1) is 6.54 Å². The van der Waals surface area contributed by atoms with Crippen LogP contribution in [0.3, 0.4) is 0 Å². The Labute approximate surface area is 159 Å². The summed E-state index contributed by atoms with van der Waals surface area (Å²) in [5, 5.41) is 4.26. The maximum atomic E-state index is 12.8. The summed E-state index contributed by atoms with van der Waals surface area (Å²) >= 11 is 0. The average molecular weight is 395 g/mol. The minimum absolute atomic E-state index is 0.119. The van der Waals surface area contributed by atoms with Gasteiger partial charge in [-0.2, -0.15) is 9.29 Å². The van der Waals surface area contributed by atoms with Crippen molar-refractivity contribution in [3.05, 3.63) is 23.7 Å². The molecule has 1 saturated carbocycles. The maximum absolute atomic E-state index is 12.8. The van der Waals surface area contributed by atoms with E-state index in [4.69, 9.17) is 4.52 Å². The van der Waals surface area contributed by atoms with Crippen LogP contribution in [-0.2, 0) is 23.6 Å². The molecule has 27 heavy (non-hydrogen) atoms. The number of hydrogen-bond acceptors (Lipinski definition) is 7. The fourth-order valence-electron chi connectivity index (χ4n) is 3.78. The summed E-state index contributed by atoms with van der Waals surface area (Å²) in [5.41, 5.74) is 0. The first kappa shape index (κ1) is 18.6. The van der Waals surface area contributed by atoms with Crippen LogP contribution in [0.2, 0.25) is 0 Å². The molecule has 0 N–H and O–H groups in total. The lowest BCUT2D eigenvalue weighted by molar-refractivity contribution is 0.163. The van der Waals surface area contributed by atoms with Crippen molar-refractivity contribution in [3.8, 4) is 0 Å². The van der Waals surface area contributed by atoms with E-state index in [9.17, 15) is 8.42 Å². The molecule has 0 spiro atoms. The van der Waals surface area contributed by atoms with E-state index < -0.39 is 10.0 Å². The molecule has 0 atom stereocenters. The van der Waals surface area contributed by atoms with E-state index in [2.05, 4.69) is 20.0 Å². The number of aryl methyl sites for hydroxylation is 2. The zero-order chi connectivity index (χ0) is 19.0. The summed E-state index contributed by atoms with van der Waals surface area (Å²) in [6, 6.07) is 0. The Morgan fingerprint density at radius 2 is 1.85 bits per heavy atom. The number of rotatable bonds is 5. The fourth-order valence-corrected chi connectivity index (χ4v) is 5.23. The highest BCUT2D eigenvalue weighted by Crippen LogP contribution is 2.32. The van der Waals surface area contributed by atoms with Crippen LogP contribution in [0.1, 0.15) is 49.1 Å². The molecule has 3 heterocycles. The van der Waals surface area contributed by atoms with Crippen molar-refractivity contribution >= 4 is 10.0 Å². The first-order chi connectivity index (χ1) is 12.9. The number of imidazole rings is 1. The molecule has 1 aliphatic heterocycles. The molecule has 9 nitrogen and oxygen atoms in total. The molecule has 2 fully saturated rings. The van der Waals surface area contributed by atoms with Crippen molar-refractivity contribution in [1.82, 2.24) is 28.9 Å². The molecule has 1 aliphatic carbocycles. The van der Waals surface area contributed by atoms with Gasteiger partial charge in [-0.15, -0.1) is 0 Å². The second-order valence-electron chi connectivity index (χ2n) is 7.45. The van der Waals surface area contributed by atoms with Crippen molar-refractivity contribution in [1.29, 1.82) is 0 Å². The summed E-state index contributed by atoms with van der Waals surface area (Å²) in [4.78, 5) is 10.9. The van der Waals surface area contributed by atoms with E-state index in [1.165, 1.54) is 17.1 Å². The van der Waals surface area contributed by atoms with Crippen LogP contribution in [-0.4, -0.2) is 63.5 Å². The van der Waals surface area contributed by atoms with E-state index in [1.54, 1.807) is 24.7 Å². The van der Waals surface area contributed by atoms with Gasteiger partial charge in [-0.1, -0.05) is 18.0 Å². The zero-order valence-electron chi connectivity index (χ0n) is 15.8. The van der Waals surface area contributed by atoms with Crippen LogP contribution >= 0.6 is 0 Å². The standard InChI is InChI=1S/C17H26N6O3S/c1-13-18-16(12-21(13)2)27(24,25)23-9-7-22(8-10-23)11-15-19-17(20-26-15)14-5-3-4-6-14/h12,14H,3-11H2,1-2H3. The second-order valence-corrected chi connectivity index (χ2v) is 9.33. The Kier molecular flexibility index (Phi) is 5.04. The molecule has 148 valence electrons. The summed E-state index contributed by atoms with van der Waals surface area (Å²) < 4.78 is 34.2. The van der Waals surface area contributed by atoms with Crippen molar-refractivity contribution in [2.45, 2.75) is 50.1 Å². The molecule has 1 saturated heterocycles. The molecule has 2 aliphatic rings. The van der Waals surface area contributed by atoms with Gasteiger partial charge in [0.15, 0.2) is 10.9 Å². The van der Waals surface area contributed by atoms with Gasteiger partial charge in [-0.25, -0.2) is 13.4 Å². The molecule has 4 rings (SSSR count). The van der Waals surface area contributed by atoms with Gasteiger partial charge in [-0.05, 0) is 19.8 Å². The number of sulfonamides is 1. The van der Waals surface area contributed by atoms with Gasteiger partial charge in [0.1, 0.15) is 5.82 Å². The topological polar surface area (TPSA) is 97.4 Å². The zero-order valence-corrected chi connectivity index (χ0v) is 16.7. The Morgan fingerprint density at radius 1 is 1.15 bits per heavy atom. The highest BCUT2D eigenvalue weighted by Gasteiger charge is 2.31. The van der Waals surface area contributed by atoms with Crippen LogP contribution in [0.5, 0.6) is 0 Å². The normalized spacial score (nSPS) is 20.5. The quantitative estimate of drug-likeness (QED) is 0.753. The molecule has 0 bridgehead atoms. The van der Waals surface area contributed by atoms with Crippen molar-refractivity contribution in [2.75, 3.05) is 26.2 Å². The van der Waals surface area contributed by atoms with Gasteiger partial charge in [0.2, 0.25) is 5.89 Å². The molecular weight excluding hydrogens is 368 g/mol. The van der Waals surface area contributed by atoms with Crippen LogP contribution < -0.4 is 0 Å². The van der Waals surface area contributed by atoms with Gasteiger partial charge >= 0.3 is 0 Å². The molecule has 2 aromatic heterocycles. The summed E-state index contributed by atoms with van der Waals surface area (Å²) in [6.45, 7) is 4.49. The molecule has 2 aromatic rings. The van der Waals surface area contributed by atoms with Crippen molar-refractivity contribution < 1.29 is 12.9 Å². The van der Waals surface area contributed by atoms with Crippen molar-refractivity contribution in [2.24, 2.45) is 7.05 Å². The first-order valence-corrected chi connectivity index (χ1v) is 10.9. The number of piperazine rings is 1. The molecule has 0 radical (unpaired) electrons. The second kappa shape index (κ2) is 7.33. The van der Waals surface area contributed by atoms with Crippen LogP contribution in [0.4, 0.5) is 0 Å². The number of hydrogen-bond donors (Lipinski definition) is 0. The van der Waals surface area contributed by atoms with Gasteiger partial charge in [0.25, 0.3) is 10.0 Å². The summed E-state index contributed by atoms with van der Waals surface area (Å²) in [7, 11) is -1.75. The monoisotopic (exact) mass is 394 g/mol. The largest absolute Gasteiger partial charge is 0.338 e. The third-order valence-corrected chi connectivity index (χ3v) is 7.36. The highest BCUT2D eigenvalue weighted by atomic mass is 32.2. The minimum Gasteiger partial charge on any atom is -0.338 e. The van der Waals surface area contributed by atoms with Crippen LogP contribution in [0, 0.1) is 6.92 Å². The third-order valence-electron chi connectivity index (χ3n) is 5.58. The SMILES string of the molecule is Cc1nc(S(=O)(=O)N2CCN(Cc3nc(C4CCCC4)no3)CC2)cn1C. The molecule has 0 unspecified atom stereocenters. The molecule has 0 aromatic carbocycles. The summed E-state index contributed by atoms with van der Waals surface area (Å²) in [5.74, 6) is 2.57. The molecule has 0 amide bonds. The van der Waals surface area contributed by atoms with E-state index in [1.807, 2.05) is 0 Å². The van der Waals surface area contributed by atoms with E-state index in [-0.39, 0.29) is 5.03 Å². The van der Waals surface area contributed by atoms with E-state index >= 15 is 0 Å². The maximum Gasteiger partial charge on any atom is 0.262 e. The smallest absolute Gasteiger partial charge is 0.262 e. The summed E-state index contributed by atoms with van der Waals surface area (Å²) in [6.07, 6.45) is 6.33. The average Bonchev–Trinajstić information content (AvgIpc) is 3.38. The highest BCUT2D eigenvalue weighted by molar-refractivity contribution is 7.89. The Bertz CT molecular complexity index is 872. The van der Waals surface area contributed by atoms with E-state index in [0.29, 0.717) is 50.4 Å². The molecule has 10 heteroatoms. The van der Waals surface area contributed by atoms with Crippen molar-refractivity contribution in [3.63, 3.8) is 0 Å². The van der Waals surface area contributed by atoms with Crippen LogP contribution in [0.25, 0.3) is 0 Å². The van der Waals surface area contributed by atoms with E-state index in [0.717, 1.165) is 18.7 Å². The fraction of sp³-hybridized carbons (Fsp3) is 0.706. The Balaban J connectivity index is 1.35. The molecular formula is C17H26N6O3S. The Morgan fingerprint density at radius 3 is 2.48 bits per heavy atom. The predicted octanol–water partition coefficient (Wildman–Crippen LogP) is 1.28. The number of nitrogens with zero attached hydrogens (tertiary/aromatic N) is 6. The first-order valence-electron chi connectivity index (χ1n) is 9.48. The lowest BCUT2D eigenvalue weighted by atomic mass is 10.1. The van der Waals surface area contributed by atoms with Crippen LogP contribution in [0.15, 0.2) is 15.7 Å². The lowest BCUT2D eigenvalue weighted by Gasteiger charge is -2.32. The third kappa shape index (κ3) is 3.78. The van der Waals surface area contributed by atoms with Gasteiger partial charge in [0, 0.05) is 45.3 Å². The van der Waals surface area contributed by atoms with Gasteiger partial charge < -0.3 is 9.09 Å². The van der Waals surface area contributed by atoms with Gasteiger partial charge in [-0.3, -0.25) is 4.90 Å². The minimum atomic E-state index is -3.54.